The number of aliphatic hydroxyl groups is 1. The number of rotatable bonds is 5. The van der Waals surface area contributed by atoms with E-state index < -0.39 is 6.10 Å². The number of methoxy groups -OCH3 is 1. The van der Waals surface area contributed by atoms with E-state index in [4.69, 9.17) is 27.9 Å². The molecule has 20 heavy (non-hydrogen) atoms. The summed E-state index contributed by atoms with van der Waals surface area (Å²) in [5, 5.41) is 11.5. The molecule has 1 aromatic carbocycles. The molecule has 0 saturated heterocycles. The Hall–Kier alpha value is -0.280. The molecule has 1 saturated carbocycles. The molecule has 0 radical (unpaired) electrons. The summed E-state index contributed by atoms with van der Waals surface area (Å²) in [6.45, 7) is 0. The Kier molecular flexibility index (Phi) is 6.16. The van der Waals surface area contributed by atoms with Gasteiger partial charge in [-0.15, -0.1) is 0 Å². The van der Waals surface area contributed by atoms with Gasteiger partial charge in [0.05, 0.1) is 22.3 Å². The molecule has 0 spiro atoms. The summed E-state index contributed by atoms with van der Waals surface area (Å²) < 4.78 is 5.57. The Morgan fingerprint density at radius 3 is 2.50 bits per heavy atom. The molecule has 2 unspecified atom stereocenters. The first kappa shape index (κ1) is 16.1. The molecule has 2 atom stereocenters. The van der Waals surface area contributed by atoms with Crippen LogP contribution >= 0.6 is 23.2 Å². The zero-order chi connectivity index (χ0) is 14.5. The van der Waals surface area contributed by atoms with Gasteiger partial charge in [-0.1, -0.05) is 48.5 Å². The van der Waals surface area contributed by atoms with E-state index in [0.29, 0.717) is 22.4 Å². The van der Waals surface area contributed by atoms with E-state index in [1.165, 1.54) is 19.3 Å². The molecule has 1 aliphatic carbocycles. The van der Waals surface area contributed by atoms with Crippen LogP contribution < -0.4 is 0 Å². The second-order valence-electron chi connectivity index (χ2n) is 5.62. The monoisotopic (exact) mass is 316 g/mol. The maximum absolute atomic E-state index is 10.5. The van der Waals surface area contributed by atoms with Gasteiger partial charge in [-0.3, -0.25) is 0 Å². The van der Waals surface area contributed by atoms with Crippen molar-refractivity contribution >= 4 is 23.2 Å². The van der Waals surface area contributed by atoms with Crippen LogP contribution in [0.4, 0.5) is 0 Å². The molecule has 1 aliphatic rings. The van der Waals surface area contributed by atoms with Crippen LogP contribution in [0.5, 0.6) is 0 Å². The van der Waals surface area contributed by atoms with E-state index >= 15 is 0 Å². The normalized spacial score (nSPS) is 19.8. The zero-order valence-electron chi connectivity index (χ0n) is 11.8. The van der Waals surface area contributed by atoms with Gasteiger partial charge >= 0.3 is 0 Å². The van der Waals surface area contributed by atoms with Gasteiger partial charge in [-0.25, -0.2) is 0 Å². The average Bonchev–Trinajstić information content (AvgIpc) is 2.45. The number of ether oxygens (including phenoxy) is 1. The Morgan fingerprint density at radius 1 is 1.20 bits per heavy atom. The first-order valence-corrected chi connectivity index (χ1v) is 8.02. The molecule has 2 rings (SSSR count). The van der Waals surface area contributed by atoms with Crippen molar-refractivity contribution in [1.29, 1.82) is 0 Å². The summed E-state index contributed by atoms with van der Waals surface area (Å²) in [5.74, 6) is 0.464. The predicted molar refractivity (Wildman–Crippen MR) is 83.5 cm³/mol. The lowest BCUT2D eigenvalue weighted by Crippen LogP contribution is -2.37. The third-order valence-corrected chi connectivity index (χ3v) is 4.93. The minimum absolute atomic E-state index is 0.0928. The largest absolute Gasteiger partial charge is 0.390 e. The fourth-order valence-corrected chi connectivity index (χ4v) is 3.47. The van der Waals surface area contributed by atoms with Gasteiger partial charge in [-0.05, 0) is 36.5 Å². The average molecular weight is 317 g/mol. The molecule has 1 N–H and O–H groups in total. The fraction of sp³-hybridized carbons (Fsp3) is 0.625. The van der Waals surface area contributed by atoms with Crippen LogP contribution in [0.1, 0.15) is 37.7 Å². The predicted octanol–water partition coefficient (Wildman–Crippen LogP) is 4.49. The molecule has 4 heteroatoms. The smallest absolute Gasteiger partial charge is 0.0861 e. The van der Waals surface area contributed by atoms with Crippen LogP contribution in [0.3, 0.4) is 0 Å². The van der Waals surface area contributed by atoms with Crippen molar-refractivity contribution in [3.05, 3.63) is 33.8 Å². The molecular weight excluding hydrogens is 295 g/mol. The van der Waals surface area contributed by atoms with Gasteiger partial charge in [0.25, 0.3) is 0 Å². The Balaban J connectivity index is 2.00. The van der Waals surface area contributed by atoms with Gasteiger partial charge < -0.3 is 9.84 Å². The van der Waals surface area contributed by atoms with Crippen molar-refractivity contribution in [2.75, 3.05) is 7.11 Å². The van der Waals surface area contributed by atoms with E-state index in [9.17, 15) is 5.11 Å². The summed E-state index contributed by atoms with van der Waals surface area (Å²) in [5.41, 5.74) is 0.991. The van der Waals surface area contributed by atoms with Crippen LogP contribution in [0.15, 0.2) is 18.2 Å². The van der Waals surface area contributed by atoms with Crippen molar-refractivity contribution in [2.45, 2.75) is 50.7 Å². The molecule has 0 aliphatic heterocycles. The maximum atomic E-state index is 10.5. The Morgan fingerprint density at radius 2 is 1.90 bits per heavy atom. The number of aliphatic hydroxyl groups excluding tert-OH is 1. The fourth-order valence-electron chi connectivity index (χ4n) is 3.15. The van der Waals surface area contributed by atoms with Crippen molar-refractivity contribution in [3.63, 3.8) is 0 Å². The molecule has 0 bridgehead atoms. The number of benzene rings is 1. The van der Waals surface area contributed by atoms with Gasteiger partial charge in [0, 0.05) is 13.5 Å². The number of hydrogen-bond donors (Lipinski definition) is 1. The van der Waals surface area contributed by atoms with Gasteiger partial charge in [0.1, 0.15) is 0 Å². The van der Waals surface area contributed by atoms with Crippen molar-refractivity contribution in [1.82, 2.24) is 0 Å². The quantitative estimate of drug-likeness (QED) is 0.867. The van der Waals surface area contributed by atoms with Crippen LogP contribution in [-0.4, -0.2) is 24.4 Å². The molecule has 112 valence electrons. The first-order chi connectivity index (χ1) is 9.61. The summed E-state index contributed by atoms with van der Waals surface area (Å²) in [6.07, 6.45) is 6.04. The molecule has 2 nitrogen and oxygen atoms in total. The van der Waals surface area contributed by atoms with E-state index in [1.54, 1.807) is 13.2 Å². The summed E-state index contributed by atoms with van der Waals surface area (Å²) in [6, 6.07) is 5.50. The molecule has 1 fully saturated rings. The zero-order valence-corrected chi connectivity index (χ0v) is 13.3. The van der Waals surface area contributed by atoms with Gasteiger partial charge in [0.15, 0.2) is 0 Å². The molecule has 0 heterocycles. The first-order valence-electron chi connectivity index (χ1n) is 7.26. The second-order valence-corrected chi connectivity index (χ2v) is 6.43. The topological polar surface area (TPSA) is 29.5 Å². The van der Waals surface area contributed by atoms with E-state index in [0.717, 1.165) is 18.4 Å². The minimum Gasteiger partial charge on any atom is -0.390 e. The third kappa shape index (κ3) is 4.11. The van der Waals surface area contributed by atoms with Crippen LogP contribution in [0.25, 0.3) is 0 Å². The molecule has 0 aromatic heterocycles. The SMILES string of the molecule is COC(C(O)Cc1ccc(Cl)c(Cl)c1)C1CCCCC1. The van der Waals surface area contributed by atoms with Crippen LogP contribution in [-0.2, 0) is 11.2 Å². The van der Waals surface area contributed by atoms with Gasteiger partial charge in [-0.2, -0.15) is 0 Å². The minimum atomic E-state index is -0.500. The van der Waals surface area contributed by atoms with Crippen molar-refractivity contribution in [2.24, 2.45) is 5.92 Å². The number of halogens is 2. The lowest BCUT2D eigenvalue weighted by molar-refractivity contribution is -0.0535. The van der Waals surface area contributed by atoms with E-state index in [-0.39, 0.29) is 6.10 Å². The highest BCUT2D eigenvalue weighted by atomic mass is 35.5. The molecular formula is C16H22Cl2O2. The summed E-state index contributed by atoms with van der Waals surface area (Å²) in [7, 11) is 1.69. The van der Waals surface area contributed by atoms with Crippen molar-refractivity contribution in [3.8, 4) is 0 Å². The Labute approximate surface area is 131 Å². The van der Waals surface area contributed by atoms with Crippen LogP contribution in [0.2, 0.25) is 10.0 Å². The summed E-state index contributed by atoms with van der Waals surface area (Å²) >= 11 is 11.9. The second kappa shape index (κ2) is 7.65. The summed E-state index contributed by atoms with van der Waals surface area (Å²) in [4.78, 5) is 0. The lowest BCUT2D eigenvalue weighted by Gasteiger charge is -2.32. The van der Waals surface area contributed by atoms with E-state index in [1.807, 2.05) is 12.1 Å². The standard InChI is InChI=1S/C16H22Cl2O2/c1-20-16(12-5-3-2-4-6-12)15(19)10-11-7-8-13(17)14(18)9-11/h7-9,12,15-16,19H,2-6,10H2,1H3. The number of hydrogen-bond acceptors (Lipinski definition) is 2. The van der Waals surface area contributed by atoms with Crippen molar-refractivity contribution < 1.29 is 9.84 Å². The molecule has 1 aromatic rings. The van der Waals surface area contributed by atoms with E-state index in [2.05, 4.69) is 0 Å². The Bertz CT molecular complexity index is 430. The third-order valence-electron chi connectivity index (χ3n) is 4.19. The lowest BCUT2D eigenvalue weighted by atomic mass is 9.82. The van der Waals surface area contributed by atoms with Gasteiger partial charge in [0.2, 0.25) is 0 Å². The highest BCUT2D eigenvalue weighted by molar-refractivity contribution is 6.42. The highest BCUT2D eigenvalue weighted by Gasteiger charge is 2.29. The molecule has 0 amide bonds. The van der Waals surface area contributed by atoms with Crippen LogP contribution in [0, 0.1) is 5.92 Å². The highest BCUT2D eigenvalue weighted by Crippen LogP contribution is 2.30. The maximum Gasteiger partial charge on any atom is 0.0861 e.